The van der Waals surface area contributed by atoms with Crippen LogP contribution in [0.15, 0.2) is 29.3 Å². The van der Waals surface area contributed by atoms with Crippen molar-refractivity contribution in [3.05, 3.63) is 40.4 Å². The van der Waals surface area contributed by atoms with Crippen molar-refractivity contribution < 1.29 is 0 Å². The smallest absolute Gasteiger partial charge is 0.0210 e. The third kappa shape index (κ3) is 3.22. The highest BCUT2D eigenvalue weighted by Crippen LogP contribution is 2.17. The molecule has 0 bridgehead atoms. The summed E-state index contributed by atoms with van der Waals surface area (Å²) in [5, 5.41) is 0. The quantitative estimate of drug-likeness (QED) is 0.665. The van der Waals surface area contributed by atoms with Crippen LogP contribution in [0.2, 0.25) is 0 Å². The lowest BCUT2D eigenvalue weighted by molar-refractivity contribution is 1.42. The van der Waals surface area contributed by atoms with Crippen molar-refractivity contribution in [2.24, 2.45) is 0 Å². The minimum Gasteiger partial charge on any atom is -0.0985 e. The Balaban J connectivity index is 0.000000561. The largest absolute Gasteiger partial charge is 0.0985 e. The van der Waals surface area contributed by atoms with E-state index in [0.29, 0.717) is 0 Å². The summed E-state index contributed by atoms with van der Waals surface area (Å²) in [5.74, 6) is 0. The Morgan fingerprint density at radius 1 is 1.33 bits per heavy atom. The van der Waals surface area contributed by atoms with E-state index in [2.05, 4.69) is 41.6 Å². The molecular weight excluding hydrogens is 212 g/mol. The highest BCUT2D eigenvalue weighted by molar-refractivity contribution is 9.10. The fourth-order valence-corrected chi connectivity index (χ4v) is 1.13. The fourth-order valence-electron chi connectivity index (χ4n) is 0.736. The first-order chi connectivity index (χ1) is 5.74. The van der Waals surface area contributed by atoms with Crippen molar-refractivity contribution in [2.75, 3.05) is 0 Å². The zero-order valence-electron chi connectivity index (χ0n) is 7.89. The van der Waals surface area contributed by atoms with Gasteiger partial charge in [-0.3, -0.25) is 0 Å². The maximum Gasteiger partial charge on any atom is 0.0210 e. The second-order valence-electron chi connectivity index (χ2n) is 2.21. The average molecular weight is 227 g/mol. The van der Waals surface area contributed by atoms with Crippen LogP contribution in [0.3, 0.4) is 0 Å². The first-order valence-electron chi connectivity index (χ1n) is 4.12. The van der Waals surface area contributed by atoms with Crippen molar-refractivity contribution in [1.29, 1.82) is 0 Å². The Morgan fingerprint density at radius 3 is 2.33 bits per heavy atom. The molecule has 0 aliphatic rings. The molecule has 0 heterocycles. The van der Waals surface area contributed by atoms with Crippen molar-refractivity contribution >= 4 is 22.0 Å². The molecule has 0 fully saturated rings. The van der Waals surface area contributed by atoms with Crippen LogP contribution in [0.5, 0.6) is 0 Å². The molecule has 12 heavy (non-hydrogen) atoms. The van der Waals surface area contributed by atoms with E-state index in [1.165, 1.54) is 5.56 Å². The van der Waals surface area contributed by atoms with Crippen LogP contribution in [-0.2, 0) is 0 Å². The molecule has 1 aromatic rings. The second kappa shape index (κ2) is 6.01. The Morgan fingerprint density at radius 2 is 1.92 bits per heavy atom. The standard InChI is InChI=1S/C9H9Br.C2H6/c1-3-8-5-4-7(2)9(10)6-8;1-2/h3-6H,1H2,2H3;1-2H3. The summed E-state index contributed by atoms with van der Waals surface area (Å²) < 4.78 is 1.14. The van der Waals surface area contributed by atoms with E-state index in [-0.39, 0.29) is 0 Å². The first kappa shape index (κ1) is 11.4. The molecule has 0 saturated carbocycles. The van der Waals surface area contributed by atoms with E-state index in [0.717, 1.165) is 10.0 Å². The van der Waals surface area contributed by atoms with Gasteiger partial charge in [-0.2, -0.15) is 0 Å². The molecule has 0 N–H and O–H groups in total. The van der Waals surface area contributed by atoms with Crippen LogP contribution in [0.4, 0.5) is 0 Å². The molecule has 0 atom stereocenters. The minimum absolute atomic E-state index is 1.14. The van der Waals surface area contributed by atoms with E-state index in [1.807, 2.05) is 26.0 Å². The maximum atomic E-state index is 3.68. The van der Waals surface area contributed by atoms with Crippen LogP contribution >= 0.6 is 15.9 Å². The Kier molecular flexibility index (Phi) is 5.73. The summed E-state index contributed by atoms with van der Waals surface area (Å²) in [5.41, 5.74) is 2.41. The van der Waals surface area contributed by atoms with Crippen LogP contribution in [0.1, 0.15) is 25.0 Å². The third-order valence-electron chi connectivity index (χ3n) is 1.43. The monoisotopic (exact) mass is 226 g/mol. The van der Waals surface area contributed by atoms with Gasteiger partial charge in [0, 0.05) is 4.47 Å². The number of benzene rings is 1. The minimum atomic E-state index is 1.14. The van der Waals surface area contributed by atoms with E-state index < -0.39 is 0 Å². The van der Waals surface area contributed by atoms with E-state index in [1.54, 1.807) is 0 Å². The Bertz CT molecular complexity index is 251. The van der Waals surface area contributed by atoms with Gasteiger partial charge in [0.05, 0.1) is 0 Å². The molecular formula is C11H15Br. The molecule has 0 aromatic heterocycles. The Labute approximate surface area is 83.4 Å². The summed E-state index contributed by atoms with van der Waals surface area (Å²) in [6, 6.07) is 6.18. The van der Waals surface area contributed by atoms with E-state index in [4.69, 9.17) is 0 Å². The van der Waals surface area contributed by atoms with Gasteiger partial charge in [-0.25, -0.2) is 0 Å². The summed E-state index contributed by atoms with van der Waals surface area (Å²) in [6.07, 6.45) is 1.84. The molecule has 66 valence electrons. The molecule has 0 nitrogen and oxygen atoms in total. The third-order valence-corrected chi connectivity index (χ3v) is 2.29. The number of hydrogen-bond donors (Lipinski definition) is 0. The van der Waals surface area contributed by atoms with Crippen LogP contribution in [-0.4, -0.2) is 0 Å². The number of halogens is 1. The van der Waals surface area contributed by atoms with Crippen LogP contribution in [0, 0.1) is 6.92 Å². The Hall–Kier alpha value is -0.560. The molecule has 0 amide bonds. The van der Waals surface area contributed by atoms with Crippen molar-refractivity contribution in [3.8, 4) is 0 Å². The van der Waals surface area contributed by atoms with Gasteiger partial charge in [0.2, 0.25) is 0 Å². The average Bonchev–Trinajstić information content (AvgIpc) is 2.13. The summed E-state index contributed by atoms with van der Waals surface area (Å²) in [7, 11) is 0. The highest BCUT2D eigenvalue weighted by Gasteiger charge is 1.92. The van der Waals surface area contributed by atoms with E-state index in [9.17, 15) is 0 Å². The summed E-state index contributed by atoms with van der Waals surface area (Å²) in [6.45, 7) is 9.75. The predicted molar refractivity (Wildman–Crippen MR) is 60.3 cm³/mol. The molecule has 0 aliphatic carbocycles. The van der Waals surface area contributed by atoms with E-state index >= 15 is 0 Å². The highest BCUT2D eigenvalue weighted by atomic mass is 79.9. The second-order valence-corrected chi connectivity index (χ2v) is 3.07. The van der Waals surface area contributed by atoms with Gasteiger partial charge in [0.1, 0.15) is 0 Å². The predicted octanol–water partition coefficient (Wildman–Crippen LogP) is 4.43. The van der Waals surface area contributed by atoms with Crippen LogP contribution < -0.4 is 0 Å². The molecule has 0 unspecified atom stereocenters. The number of rotatable bonds is 1. The number of aryl methyl sites for hydroxylation is 1. The zero-order chi connectivity index (χ0) is 9.56. The molecule has 0 radical (unpaired) electrons. The van der Waals surface area contributed by atoms with Gasteiger partial charge in [0.25, 0.3) is 0 Å². The fraction of sp³-hybridized carbons (Fsp3) is 0.273. The topological polar surface area (TPSA) is 0 Å². The van der Waals surface area contributed by atoms with Crippen molar-refractivity contribution in [2.45, 2.75) is 20.8 Å². The molecule has 0 saturated heterocycles. The molecule has 1 rings (SSSR count). The number of hydrogen-bond acceptors (Lipinski definition) is 0. The molecule has 0 spiro atoms. The van der Waals surface area contributed by atoms with Gasteiger partial charge in [-0.1, -0.05) is 54.6 Å². The summed E-state index contributed by atoms with van der Waals surface area (Å²) in [4.78, 5) is 0. The van der Waals surface area contributed by atoms with Gasteiger partial charge >= 0.3 is 0 Å². The lowest BCUT2D eigenvalue weighted by Gasteiger charge is -1.97. The molecule has 1 heteroatoms. The van der Waals surface area contributed by atoms with Crippen molar-refractivity contribution in [3.63, 3.8) is 0 Å². The lowest BCUT2D eigenvalue weighted by atomic mass is 10.1. The molecule has 1 aromatic carbocycles. The van der Waals surface area contributed by atoms with Gasteiger partial charge in [-0.05, 0) is 24.1 Å². The summed E-state index contributed by atoms with van der Waals surface area (Å²) >= 11 is 3.44. The molecule has 0 aliphatic heterocycles. The normalized spacial score (nSPS) is 8.33. The first-order valence-corrected chi connectivity index (χ1v) is 4.92. The zero-order valence-corrected chi connectivity index (χ0v) is 9.48. The maximum absolute atomic E-state index is 3.68. The lowest BCUT2D eigenvalue weighted by Crippen LogP contribution is -1.76. The van der Waals surface area contributed by atoms with Crippen LogP contribution in [0.25, 0.3) is 6.08 Å². The van der Waals surface area contributed by atoms with Crippen molar-refractivity contribution in [1.82, 2.24) is 0 Å². The van der Waals surface area contributed by atoms with Gasteiger partial charge in [-0.15, -0.1) is 0 Å². The SMILES string of the molecule is C=Cc1ccc(C)c(Br)c1.CC. The van der Waals surface area contributed by atoms with Gasteiger partial charge in [0.15, 0.2) is 0 Å². The van der Waals surface area contributed by atoms with Gasteiger partial charge < -0.3 is 0 Å².